The van der Waals surface area contributed by atoms with Crippen molar-refractivity contribution in [2.24, 2.45) is 5.73 Å². The average Bonchev–Trinajstić information content (AvgIpc) is 2.12. The Morgan fingerprint density at radius 3 is 2.83 bits per heavy atom. The molecule has 1 aliphatic rings. The van der Waals surface area contributed by atoms with E-state index in [0.29, 0.717) is 0 Å². The number of likely N-dealkylation sites (N-methyl/N-ethyl adjacent to an activating group) is 1. The lowest BCUT2D eigenvalue weighted by Gasteiger charge is -2.25. The Morgan fingerprint density at radius 1 is 1.33 bits per heavy atom. The number of hydrogen-bond donors (Lipinski definition) is 1. The van der Waals surface area contributed by atoms with Gasteiger partial charge in [-0.3, -0.25) is 0 Å². The lowest BCUT2D eigenvalue weighted by atomic mass is 10.1. The van der Waals surface area contributed by atoms with Gasteiger partial charge in [0.2, 0.25) is 0 Å². The number of anilines is 1. The van der Waals surface area contributed by atoms with E-state index in [2.05, 4.69) is 24.1 Å². The van der Waals surface area contributed by atoms with Gasteiger partial charge in [0.1, 0.15) is 0 Å². The number of rotatable bonds is 0. The molecule has 0 unspecified atom stereocenters. The Balaban J connectivity index is 2.58. The maximum Gasteiger partial charge on any atom is 0.0460 e. The Bertz CT molecular complexity index is 328. The molecule has 0 aromatic heterocycles. The number of para-hydroxylation sites is 1. The summed E-state index contributed by atoms with van der Waals surface area (Å²) in [6.07, 6.45) is 2.04. The zero-order valence-electron chi connectivity index (χ0n) is 7.12. The van der Waals surface area contributed by atoms with E-state index in [1.807, 2.05) is 18.2 Å². The molecule has 62 valence electrons. The second-order valence-corrected chi connectivity index (χ2v) is 3.06. The summed E-state index contributed by atoms with van der Waals surface area (Å²) in [6, 6.07) is 8.19. The molecule has 0 bridgehead atoms. The van der Waals surface area contributed by atoms with Crippen LogP contribution < -0.4 is 10.6 Å². The Labute approximate surface area is 72.3 Å². The smallest absolute Gasteiger partial charge is 0.0460 e. The molecule has 0 radical (unpaired) electrons. The van der Waals surface area contributed by atoms with Crippen molar-refractivity contribution < 1.29 is 0 Å². The van der Waals surface area contributed by atoms with Gasteiger partial charge in [0.25, 0.3) is 0 Å². The molecule has 0 atom stereocenters. The number of benzene rings is 1. The number of nitrogens with zero attached hydrogens (tertiary/aromatic N) is 1. The minimum absolute atomic E-state index is 0.892. The summed E-state index contributed by atoms with van der Waals surface area (Å²) >= 11 is 0. The van der Waals surface area contributed by atoms with Crippen LogP contribution in [0.15, 0.2) is 30.3 Å². The van der Waals surface area contributed by atoms with Crippen molar-refractivity contribution in [3.05, 3.63) is 35.9 Å². The molecule has 1 aromatic rings. The summed E-state index contributed by atoms with van der Waals surface area (Å²) < 4.78 is 0. The molecule has 2 nitrogen and oxygen atoms in total. The summed E-state index contributed by atoms with van der Waals surface area (Å²) in [6.45, 7) is 0.906. The van der Waals surface area contributed by atoms with Gasteiger partial charge in [0.15, 0.2) is 0 Å². The van der Waals surface area contributed by atoms with Crippen molar-refractivity contribution in [2.75, 3.05) is 18.5 Å². The van der Waals surface area contributed by atoms with Crippen LogP contribution in [0.1, 0.15) is 5.56 Å². The first-order valence-corrected chi connectivity index (χ1v) is 4.05. The summed E-state index contributed by atoms with van der Waals surface area (Å²) in [4.78, 5) is 2.19. The minimum atomic E-state index is 0.892. The van der Waals surface area contributed by atoms with Gasteiger partial charge < -0.3 is 10.6 Å². The highest BCUT2D eigenvalue weighted by Crippen LogP contribution is 2.26. The third kappa shape index (κ3) is 0.961. The lowest BCUT2D eigenvalue weighted by molar-refractivity contribution is 1.01. The highest BCUT2D eigenvalue weighted by molar-refractivity contribution is 5.78. The van der Waals surface area contributed by atoms with Crippen LogP contribution >= 0.6 is 0 Å². The van der Waals surface area contributed by atoms with Gasteiger partial charge in [-0.1, -0.05) is 18.2 Å². The number of nitrogens with two attached hydrogens (primary N) is 1. The van der Waals surface area contributed by atoms with Gasteiger partial charge in [-0.15, -0.1) is 0 Å². The SMILES string of the molecule is CN1CC=C(N)c2ccccc21. The van der Waals surface area contributed by atoms with E-state index in [-0.39, 0.29) is 0 Å². The van der Waals surface area contributed by atoms with Gasteiger partial charge in [-0.2, -0.15) is 0 Å². The molecule has 0 saturated heterocycles. The zero-order chi connectivity index (χ0) is 8.55. The molecule has 0 fully saturated rings. The molecule has 0 amide bonds. The first kappa shape index (κ1) is 7.22. The van der Waals surface area contributed by atoms with E-state index in [1.165, 1.54) is 5.69 Å². The maximum atomic E-state index is 5.84. The van der Waals surface area contributed by atoms with Crippen LogP contribution in [-0.2, 0) is 0 Å². The van der Waals surface area contributed by atoms with Crippen molar-refractivity contribution in [3.8, 4) is 0 Å². The summed E-state index contributed by atoms with van der Waals surface area (Å²) in [5.74, 6) is 0. The zero-order valence-corrected chi connectivity index (χ0v) is 7.12. The highest BCUT2D eigenvalue weighted by atomic mass is 15.1. The monoisotopic (exact) mass is 160 g/mol. The van der Waals surface area contributed by atoms with Crippen molar-refractivity contribution in [1.82, 2.24) is 0 Å². The van der Waals surface area contributed by atoms with Crippen LogP contribution in [0.2, 0.25) is 0 Å². The first-order valence-electron chi connectivity index (χ1n) is 4.05. The fourth-order valence-corrected chi connectivity index (χ4v) is 1.49. The van der Waals surface area contributed by atoms with E-state index in [0.717, 1.165) is 17.8 Å². The molecule has 1 aromatic carbocycles. The Kier molecular flexibility index (Phi) is 1.54. The third-order valence-corrected chi connectivity index (χ3v) is 2.21. The van der Waals surface area contributed by atoms with Crippen molar-refractivity contribution in [1.29, 1.82) is 0 Å². The van der Waals surface area contributed by atoms with Gasteiger partial charge in [0, 0.05) is 30.5 Å². The van der Waals surface area contributed by atoms with Crippen LogP contribution in [0.3, 0.4) is 0 Å². The summed E-state index contributed by atoms with van der Waals surface area (Å²) in [7, 11) is 2.07. The van der Waals surface area contributed by atoms with E-state index in [4.69, 9.17) is 5.73 Å². The van der Waals surface area contributed by atoms with E-state index >= 15 is 0 Å². The van der Waals surface area contributed by atoms with Crippen LogP contribution in [0, 0.1) is 0 Å². The van der Waals surface area contributed by atoms with Gasteiger partial charge in [-0.05, 0) is 12.1 Å². The second-order valence-electron chi connectivity index (χ2n) is 3.06. The van der Waals surface area contributed by atoms with Crippen molar-refractivity contribution in [2.45, 2.75) is 0 Å². The van der Waals surface area contributed by atoms with E-state index in [9.17, 15) is 0 Å². The molecular formula is C10H12N2. The molecule has 2 rings (SSSR count). The predicted octanol–water partition coefficient (Wildman–Crippen LogP) is 1.44. The largest absolute Gasteiger partial charge is 0.398 e. The fraction of sp³-hybridized carbons (Fsp3) is 0.200. The van der Waals surface area contributed by atoms with Crippen LogP contribution in [0.4, 0.5) is 5.69 Å². The Hall–Kier alpha value is -1.44. The molecule has 12 heavy (non-hydrogen) atoms. The maximum absolute atomic E-state index is 5.84. The van der Waals surface area contributed by atoms with Crippen molar-refractivity contribution >= 4 is 11.4 Å². The molecule has 2 N–H and O–H groups in total. The van der Waals surface area contributed by atoms with Crippen LogP contribution in [-0.4, -0.2) is 13.6 Å². The summed E-state index contributed by atoms with van der Waals surface area (Å²) in [5.41, 5.74) is 9.10. The molecule has 0 aliphatic carbocycles. The Morgan fingerprint density at radius 2 is 2.08 bits per heavy atom. The van der Waals surface area contributed by atoms with Crippen LogP contribution in [0.5, 0.6) is 0 Å². The van der Waals surface area contributed by atoms with Gasteiger partial charge >= 0.3 is 0 Å². The molecule has 1 aliphatic heterocycles. The first-order chi connectivity index (χ1) is 5.79. The predicted molar refractivity (Wildman–Crippen MR) is 51.9 cm³/mol. The van der Waals surface area contributed by atoms with E-state index < -0.39 is 0 Å². The third-order valence-electron chi connectivity index (χ3n) is 2.21. The summed E-state index contributed by atoms with van der Waals surface area (Å²) in [5, 5.41) is 0. The molecular weight excluding hydrogens is 148 g/mol. The van der Waals surface area contributed by atoms with Gasteiger partial charge in [-0.25, -0.2) is 0 Å². The minimum Gasteiger partial charge on any atom is -0.398 e. The molecule has 0 saturated carbocycles. The quantitative estimate of drug-likeness (QED) is 0.622. The highest BCUT2D eigenvalue weighted by Gasteiger charge is 2.11. The average molecular weight is 160 g/mol. The molecule has 1 heterocycles. The standard InChI is InChI=1S/C10H12N2/c1-12-7-6-9(11)8-4-2-3-5-10(8)12/h2-6H,7,11H2,1H3. The second kappa shape index (κ2) is 2.55. The number of hydrogen-bond acceptors (Lipinski definition) is 2. The number of fused-ring (bicyclic) bond motifs is 1. The molecule has 2 heteroatoms. The topological polar surface area (TPSA) is 29.3 Å². The molecule has 0 spiro atoms. The van der Waals surface area contributed by atoms with E-state index in [1.54, 1.807) is 0 Å². The van der Waals surface area contributed by atoms with Crippen LogP contribution in [0.25, 0.3) is 5.70 Å². The fourth-order valence-electron chi connectivity index (χ4n) is 1.49. The van der Waals surface area contributed by atoms with Crippen molar-refractivity contribution in [3.63, 3.8) is 0 Å². The van der Waals surface area contributed by atoms with Gasteiger partial charge in [0.05, 0.1) is 0 Å². The lowest BCUT2D eigenvalue weighted by Crippen LogP contribution is -2.23. The normalized spacial score (nSPS) is 15.4.